The number of benzene rings is 1. The molecule has 5 heteroatoms. The molecule has 0 heterocycles. The molecule has 0 unspecified atom stereocenters. The Balaban J connectivity index is 1.81. The van der Waals surface area contributed by atoms with Crippen molar-refractivity contribution in [3.05, 3.63) is 18.2 Å². The van der Waals surface area contributed by atoms with Crippen molar-refractivity contribution < 1.29 is 8.42 Å². The number of hydrogen-bond acceptors (Lipinski definition) is 4. The van der Waals surface area contributed by atoms with Crippen molar-refractivity contribution in [3.63, 3.8) is 0 Å². The van der Waals surface area contributed by atoms with E-state index in [0.29, 0.717) is 11.7 Å². The highest BCUT2D eigenvalue weighted by Gasteiger charge is 2.41. The van der Waals surface area contributed by atoms with Crippen molar-refractivity contribution in [2.75, 3.05) is 17.3 Å². The Morgan fingerprint density at radius 3 is 2.21 bits per heavy atom. The lowest BCUT2D eigenvalue weighted by atomic mass is 10.1. The number of rotatable bonds is 5. The van der Waals surface area contributed by atoms with Gasteiger partial charge in [-0.15, -0.1) is 0 Å². The van der Waals surface area contributed by atoms with Crippen LogP contribution in [-0.2, 0) is 9.84 Å². The molecule has 104 valence electrons. The van der Waals surface area contributed by atoms with Crippen molar-refractivity contribution >= 4 is 21.2 Å². The molecule has 3 rings (SSSR count). The van der Waals surface area contributed by atoms with E-state index in [-0.39, 0.29) is 4.90 Å². The third-order valence-corrected chi connectivity index (χ3v) is 5.14. The van der Waals surface area contributed by atoms with Crippen LogP contribution in [-0.4, -0.2) is 20.7 Å². The first kappa shape index (κ1) is 12.8. The maximum absolute atomic E-state index is 11.5. The van der Waals surface area contributed by atoms with Crippen molar-refractivity contribution in [1.29, 1.82) is 0 Å². The molecule has 3 N–H and O–H groups in total. The predicted octanol–water partition coefficient (Wildman–Crippen LogP) is 2.27. The van der Waals surface area contributed by atoms with Crippen LogP contribution in [0.25, 0.3) is 0 Å². The van der Waals surface area contributed by atoms with Gasteiger partial charge in [0.1, 0.15) is 0 Å². The summed E-state index contributed by atoms with van der Waals surface area (Å²) in [6.45, 7) is 0. The fourth-order valence-corrected chi connectivity index (χ4v) is 3.27. The van der Waals surface area contributed by atoms with Crippen LogP contribution >= 0.6 is 0 Å². The Hall–Kier alpha value is -1.23. The van der Waals surface area contributed by atoms with Gasteiger partial charge in [0.25, 0.3) is 0 Å². The summed E-state index contributed by atoms with van der Waals surface area (Å²) < 4.78 is 23.0. The Morgan fingerprint density at radius 1 is 1.21 bits per heavy atom. The minimum absolute atomic E-state index is 0.282. The summed E-state index contributed by atoms with van der Waals surface area (Å²) in [6, 6.07) is 5.49. The van der Waals surface area contributed by atoms with Crippen LogP contribution in [0.15, 0.2) is 23.1 Å². The van der Waals surface area contributed by atoms with Gasteiger partial charge in [-0.1, -0.05) is 0 Å². The summed E-state index contributed by atoms with van der Waals surface area (Å²) in [6.07, 6.45) is 6.40. The Bertz CT molecular complexity index is 577. The summed E-state index contributed by atoms with van der Waals surface area (Å²) in [5.74, 6) is 1.56. The van der Waals surface area contributed by atoms with Gasteiger partial charge < -0.3 is 11.1 Å². The Labute approximate surface area is 114 Å². The fourth-order valence-electron chi connectivity index (χ4n) is 2.61. The van der Waals surface area contributed by atoms with Gasteiger partial charge in [0.2, 0.25) is 0 Å². The molecule has 0 amide bonds. The largest absolute Gasteiger partial charge is 0.397 e. The number of nitrogens with one attached hydrogen (secondary N) is 1. The van der Waals surface area contributed by atoms with Crippen LogP contribution < -0.4 is 11.1 Å². The highest BCUT2D eigenvalue weighted by molar-refractivity contribution is 7.90. The van der Waals surface area contributed by atoms with Gasteiger partial charge >= 0.3 is 0 Å². The smallest absolute Gasteiger partial charge is 0.175 e. The molecule has 0 saturated heterocycles. The zero-order valence-corrected chi connectivity index (χ0v) is 11.9. The lowest BCUT2D eigenvalue weighted by Gasteiger charge is -2.20. The van der Waals surface area contributed by atoms with Gasteiger partial charge in [-0.3, -0.25) is 0 Å². The van der Waals surface area contributed by atoms with E-state index >= 15 is 0 Å². The second-order valence-corrected chi connectivity index (χ2v) is 7.88. The van der Waals surface area contributed by atoms with E-state index in [4.69, 9.17) is 5.73 Å². The standard InChI is InChI=1S/C14H20N2O2S/c1-19(17,18)11-6-7-13(12(15)8-11)16-14(9-2-3-9)10-4-5-10/h6-10,14,16H,2-5,15H2,1H3. The topological polar surface area (TPSA) is 72.2 Å². The molecule has 2 fully saturated rings. The third-order valence-electron chi connectivity index (χ3n) is 4.03. The van der Waals surface area contributed by atoms with Gasteiger partial charge in [0.15, 0.2) is 9.84 Å². The molecule has 0 aliphatic heterocycles. The van der Waals surface area contributed by atoms with Crippen molar-refractivity contribution in [1.82, 2.24) is 0 Å². The van der Waals surface area contributed by atoms with Gasteiger partial charge in [0.05, 0.1) is 16.3 Å². The van der Waals surface area contributed by atoms with E-state index < -0.39 is 9.84 Å². The molecular weight excluding hydrogens is 260 g/mol. The van der Waals surface area contributed by atoms with Gasteiger partial charge in [-0.05, 0) is 55.7 Å². The van der Waals surface area contributed by atoms with Gasteiger partial charge in [-0.2, -0.15) is 0 Å². The van der Waals surface area contributed by atoms with Crippen LogP contribution in [0.5, 0.6) is 0 Å². The summed E-state index contributed by atoms with van der Waals surface area (Å²) in [5, 5.41) is 3.53. The molecule has 2 saturated carbocycles. The van der Waals surface area contributed by atoms with E-state index in [0.717, 1.165) is 17.5 Å². The van der Waals surface area contributed by atoms with Crippen LogP contribution in [0, 0.1) is 11.8 Å². The molecule has 0 aromatic heterocycles. The molecular formula is C14H20N2O2S. The average molecular weight is 280 g/mol. The molecule has 2 aliphatic carbocycles. The minimum atomic E-state index is -3.19. The number of anilines is 2. The SMILES string of the molecule is CS(=O)(=O)c1ccc(NC(C2CC2)C2CC2)c(N)c1. The summed E-state index contributed by atoms with van der Waals surface area (Å²) >= 11 is 0. The number of nitrogen functional groups attached to an aromatic ring is 1. The first-order valence-electron chi connectivity index (χ1n) is 6.81. The van der Waals surface area contributed by atoms with Crippen LogP contribution in [0.3, 0.4) is 0 Å². The first-order chi connectivity index (χ1) is 8.95. The van der Waals surface area contributed by atoms with Crippen LogP contribution in [0.4, 0.5) is 11.4 Å². The van der Waals surface area contributed by atoms with E-state index in [2.05, 4.69) is 5.32 Å². The number of sulfone groups is 1. The van der Waals surface area contributed by atoms with E-state index in [1.807, 2.05) is 0 Å². The van der Waals surface area contributed by atoms with Crippen LogP contribution in [0.1, 0.15) is 25.7 Å². The number of hydrogen-bond donors (Lipinski definition) is 2. The Morgan fingerprint density at radius 2 is 1.79 bits per heavy atom. The quantitative estimate of drug-likeness (QED) is 0.812. The molecule has 0 radical (unpaired) electrons. The molecule has 0 spiro atoms. The summed E-state index contributed by atoms with van der Waals surface area (Å²) in [5.41, 5.74) is 7.37. The molecule has 19 heavy (non-hydrogen) atoms. The molecule has 0 bridgehead atoms. The third kappa shape index (κ3) is 2.86. The van der Waals surface area contributed by atoms with Crippen molar-refractivity contribution in [2.45, 2.75) is 36.6 Å². The molecule has 1 aromatic carbocycles. The second-order valence-electron chi connectivity index (χ2n) is 5.87. The van der Waals surface area contributed by atoms with Gasteiger partial charge in [0, 0.05) is 12.3 Å². The Kier molecular flexibility index (Phi) is 2.96. The zero-order chi connectivity index (χ0) is 13.6. The number of nitrogens with two attached hydrogens (primary N) is 1. The summed E-state index contributed by atoms with van der Waals surface area (Å²) in [4.78, 5) is 0.282. The molecule has 1 aromatic rings. The summed E-state index contributed by atoms with van der Waals surface area (Å²) in [7, 11) is -3.19. The highest BCUT2D eigenvalue weighted by Crippen LogP contribution is 2.46. The maximum Gasteiger partial charge on any atom is 0.175 e. The van der Waals surface area contributed by atoms with E-state index in [1.165, 1.54) is 31.9 Å². The molecule has 4 nitrogen and oxygen atoms in total. The predicted molar refractivity (Wildman–Crippen MR) is 76.8 cm³/mol. The fraction of sp³-hybridized carbons (Fsp3) is 0.571. The highest BCUT2D eigenvalue weighted by atomic mass is 32.2. The first-order valence-corrected chi connectivity index (χ1v) is 8.70. The van der Waals surface area contributed by atoms with Crippen LogP contribution in [0.2, 0.25) is 0 Å². The average Bonchev–Trinajstić information content (AvgIpc) is 3.19. The minimum Gasteiger partial charge on any atom is -0.397 e. The zero-order valence-electron chi connectivity index (χ0n) is 11.1. The lowest BCUT2D eigenvalue weighted by Crippen LogP contribution is -2.24. The van der Waals surface area contributed by atoms with Gasteiger partial charge in [-0.25, -0.2) is 8.42 Å². The molecule has 0 atom stereocenters. The van der Waals surface area contributed by atoms with E-state index in [1.54, 1.807) is 18.2 Å². The lowest BCUT2D eigenvalue weighted by molar-refractivity contribution is 0.568. The van der Waals surface area contributed by atoms with E-state index in [9.17, 15) is 8.42 Å². The second kappa shape index (κ2) is 4.40. The molecule has 2 aliphatic rings. The van der Waals surface area contributed by atoms with Crippen molar-refractivity contribution in [3.8, 4) is 0 Å². The monoisotopic (exact) mass is 280 g/mol. The maximum atomic E-state index is 11.5. The van der Waals surface area contributed by atoms with Crippen molar-refractivity contribution in [2.24, 2.45) is 11.8 Å². The normalized spacial score (nSPS) is 19.7.